The Morgan fingerprint density at radius 2 is 1.76 bits per heavy atom. The highest BCUT2D eigenvalue weighted by atomic mass is 19.1. The van der Waals surface area contributed by atoms with Gasteiger partial charge in [0.2, 0.25) is 5.88 Å². The second-order valence-corrected chi connectivity index (χ2v) is 7.83. The lowest BCUT2D eigenvalue weighted by Gasteiger charge is -2.11. The van der Waals surface area contributed by atoms with Gasteiger partial charge in [-0.2, -0.15) is 9.61 Å². The van der Waals surface area contributed by atoms with Crippen molar-refractivity contribution in [3.63, 3.8) is 0 Å². The lowest BCUT2D eigenvalue weighted by molar-refractivity contribution is 0.102. The van der Waals surface area contributed by atoms with Gasteiger partial charge in [-0.3, -0.25) is 4.79 Å². The van der Waals surface area contributed by atoms with Crippen LogP contribution in [0.5, 0.6) is 23.1 Å². The molecule has 1 amide bonds. The van der Waals surface area contributed by atoms with Crippen LogP contribution in [0.4, 0.5) is 15.9 Å². The first kappa shape index (κ1) is 23.5. The Morgan fingerprint density at radius 1 is 0.973 bits per heavy atom. The number of hydrogen-bond donors (Lipinski definition) is 2. The van der Waals surface area contributed by atoms with Crippen molar-refractivity contribution in [1.29, 1.82) is 0 Å². The van der Waals surface area contributed by atoms with Gasteiger partial charge in [0.25, 0.3) is 5.91 Å². The molecule has 10 nitrogen and oxygen atoms in total. The summed E-state index contributed by atoms with van der Waals surface area (Å²) in [5.74, 6) is 0.293. The number of nitrogens with two attached hydrogens (primary N) is 1. The number of carbonyl (C=O) groups is 1. The average molecular weight is 500 g/mol. The van der Waals surface area contributed by atoms with Crippen molar-refractivity contribution in [1.82, 2.24) is 19.6 Å². The summed E-state index contributed by atoms with van der Waals surface area (Å²) in [6, 6.07) is 17.5. The van der Waals surface area contributed by atoms with Gasteiger partial charge in [0.15, 0.2) is 17.2 Å². The van der Waals surface area contributed by atoms with Crippen LogP contribution >= 0.6 is 0 Å². The number of fused-ring (bicyclic) bond motifs is 1. The number of amides is 1. The summed E-state index contributed by atoms with van der Waals surface area (Å²) in [5, 5.41) is 6.75. The summed E-state index contributed by atoms with van der Waals surface area (Å²) < 4.78 is 32.5. The molecule has 5 aromatic rings. The summed E-state index contributed by atoms with van der Waals surface area (Å²) in [4.78, 5) is 21.4. The van der Waals surface area contributed by atoms with Gasteiger partial charge >= 0.3 is 0 Å². The number of hydrogen-bond acceptors (Lipinski definition) is 8. The van der Waals surface area contributed by atoms with E-state index in [4.69, 9.17) is 19.9 Å². The summed E-state index contributed by atoms with van der Waals surface area (Å²) in [7, 11) is 3.10. The van der Waals surface area contributed by atoms with E-state index in [-0.39, 0.29) is 28.8 Å². The molecule has 0 unspecified atom stereocenters. The molecule has 0 spiro atoms. The largest absolute Gasteiger partial charge is 0.497 e. The van der Waals surface area contributed by atoms with E-state index in [1.807, 2.05) is 0 Å². The molecule has 0 aliphatic rings. The van der Waals surface area contributed by atoms with E-state index in [1.165, 1.54) is 28.9 Å². The topological polar surface area (TPSA) is 126 Å². The van der Waals surface area contributed by atoms with Gasteiger partial charge in [0.05, 0.1) is 26.1 Å². The molecule has 3 N–H and O–H groups in total. The quantitative estimate of drug-likeness (QED) is 0.333. The lowest BCUT2D eigenvalue weighted by Crippen LogP contribution is -2.14. The van der Waals surface area contributed by atoms with Crippen LogP contribution < -0.4 is 25.3 Å². The molecule has 37 heavy (non-hydrogen) atoms. The number of nitrogens with one attached hydrogen (secondary N) is 1. The maximum Gasteiger partial charge on any atom is 0.274 e. The maximum atomic E-state index is 14.9. The highest BCUT2D eigenvalue weighted by Crippen LogP contribution is 2.30. The number of methoxy groups -OCH3 is 2. The Morgan fingerprint density at radius 3 is 2.49 bits per heavy atom. The molecule has 0 saturated heterocycles. The molecule has 186 valence electrons. The first-order chi connectivity index (χ1) is 17.9. The van der Waals surface area contributed by atoms with E-state index in [1.54, 1.807) is 56.7 Å². The Balaban J connectivity index is 1.35. The zero-order valence-electron chi connectivity index (χ0n) is 19.8. The number of nitrogens with zero attached hydrogens (tertiary/aromatic N) is 4. The van der Waals surface area contributed by atoms with E-state index in [9.17, 15) is 9.18 Å². The van der Waals surface area contributed by atoms with Crippen LogP contribution in [0, 0.1) is 5.82 Å². The fraction of sp³-hybridized carbons (Fsp3) is 0.0769. The Bertz CT molecular complexity index is 1600. The molecule has 3 heterocycles. The van der Waals surface area contributed by atoms with Crippen LogP contribution in [0.15, 0.2) is 72.9 Å². The van der Waals surface area contributed by atoms with E-state index in [0.717, 1.165) is 6.07 Å². The van der Waals surface area contributed by atoms with Crippen molar-refractivity contribution < 1.29 is 23.4 Å². The summed E-state index contributed by atoms with van der Waals surface area (Å²) >= 11 is 0. The molecule has 0 aliphatic carbocycles. The van der Waals surface area contributed by atoms with E-state index in [0.29, 0.717) is 28.4 Å². The molecule has 0 fully saturated rings. The molecule has 0 saturated carbocycles. The van der Waals surface area contributed by atoms with E-state index >= 15 is 0 Å². The molecule has 0 atom stereocenters. The smallest absolute Gasteiger partial charge is 0.274 e. The van der Waals surface area contributed by atoms with Gasteiger partial charge < -0.3 is 25.3 Å². The number of ether oxygens (including phenoxy) is 3. The van der Waals surface area contributed by atoms with E-state index in [2.05, 4.69) is 20.4 Å². The fourth-order valence-corrected chi connectivity index (χ4v) is 3.62. The summed E-state index contributed by atoms with van der Waals surface area (Å²) in [6.45, 7) is 0. The van der Waals surface area contributed by atoms with Crippen LogP contribution in [-0.2, 0) is 0 Å². The number of rotatable bonds is 7. The van der Waals surface area contributed by atoms with Gasteiger partial charge in [-0.1, -0.05) is 6.07 Å². The number of aromatic nitrogens is 4. The second kappa shape index (κ2) is 9.82. The normalized spacial score (nSPS) is 10.8. The van der Waals surface area contributed by atoms with Crippen molar-refractivity contribution in [3.05, 3.63) is 84.4 Å². The number of anilines is 2. The monoisotopic (exact) mass is 500 g/mol. The van der Waals surface area contributed by atoms with Gasteiger partial charge in [-0.05, 0) is 36.4 Å². The fourth-order valence-electron chi connectivity index (χ4n) is 3.62. The molecule has 3 aromatic heterocycles. The zero-order chi connectivity index (χ0) is 25.9. The molecule has 2 aromatic carbocycles. The lowest BCUT2D eigenvalue weighted by atomic mass is 10.1. The van der Waals surface area contributed by atoms with Crippen molar-refractivity contribution in [3.8, 4) is 34.4 Å². The second-order valence-electron chi connectivity index (χ2n) is 7.83. The third-order valence-electron chi connectivity index (χ3n) is 5.38. The van der Waals surface area contributed by atoms with Crippen LogP contribution in [0.2, 0.25) is 0 Å². The summed E-state index contributed by atoms with van der Waals surface area (Å²) in [5.41, 5.74) is 7.88. The number of pyridine rings is 1. The predicted octanol–water partition coefficient (Wildman–Crippen LogP) is 4.57. The minimum atomic E-state index is -0.696. The van der Waals surface area contributed by atoms with Crippen molar-refractivity contribution in [2.75, 3.05) is 25.3 Å². The Kier molecular flexibility index (Phi) is 6.25. The molecular formula is C26H21FN6O4. The molecule has 0 aliphatic heterocycles. The van der Waals surface area contributed by atoms with Crippen molar-refractivity contribution in [2.24, 2.45) is 0 Å². The molecule has 0 bridgehead atoms. The molecule has 0 radical (unpaired) electrons. The van der Waals surface area contributed by atoms with Crippen molar-refractivity contribution in [2.45, 2.75) is 0 Å². The predicted molar refractivity (Wildman–Crippen MR) is 135 cm³/mol. The zero-order valence-corrected chi connectivity index (χ0v) is 19.8. The Labute approximate surface area is 210 Å². The van der Waals surface area contributed by atoms with Gasteiger partial charge in [0, 0.05) is 35.5 Å². The van der Waals surface area contributed by atoms with Gasteiger partial charge in [-0.15, -0.1) is 0 Å². The number of benzene rings is 2. The molecular weight excluding hydrogens is 479 g/mol. The standard InChI is InChI=1S/C26H21FN6O4/c1-35-17-10-15(11-18(13-17)36-2)20-4-3-5-21(31-20)26(34)30-16-6-7-22(19(27)12-16)37-25-14-23(28)32-24-8-9-29-33(24)25/h3-14H,1-2H3,(H2,28,32)(H,30,34). The van der Waals surface area contributed by atoms with Crippen molar-refractivity contribution >= 4 is 23.1 Å². The molecule has 5 rings (SSSR count). The summed E-state index contributed by atoms with van der Waals surface area (Å²) in [6.07, 6.45) is 1.53. The Hall–Kier alpha value is -5.19. The minimum Gasteiger partial charge on any atom is -0.497 e. The third-order valence-corrected chi connectivity index (χ3v) is 5.38. The van der Waals surface area contributed by atoms with Crippen LogP contribution in [-0.4, -0.2) is 39.7 Å². The van der Waals surface area contributed by atoms with E-state index < -0.39 is 11.7 Å². The van der Waals surface area contributed by atoms with Crippen LogP contribution in [0.1, 0.15) is 10.5 Å². The number of halogens is 1. The number of carbonyl (C=O) groups excluding carboxylic acids is 1. The maximum absolute atomic E-state index is 14.9. The first-order valence-corrected chi connectivity index (χ1v) is 11.0. The van der Waals surface area contributed by atoms with Crippen LogP contribution in [0.25, 0.3) is 16.9 Å². The third kappa shape index (κ3) is 4.96. The van der Waals surface area contributed by atoms with Gasteiger partial charge in [-0.25, -0.2) is 14.4 Å². The average Bonchev–Trinajstić information content (AvgIpc) is 3.38. The molecule has 11 heteroatoms. The van der Waals surface area contributed by atoms with Gasteiger partial charge in [0.1, 0.15) is 23.0 Å². The highest BCUT2D eigenvalue weighted by molar-refractivity contribution is 6.03. The van der Waals surface area contributed by atoms with Crippen LogP contribution in [0.3, 0.4) is 0 Å². The highest BCUT2D eigenvalue weighted by Gasteiger charge is 2.14. The SMILES string of the molecule is COc1cc(OC)cc(-c2cccc(C(=O)Nc3ccc(Oc4cc(N)nc5ccnn45)c(F)c3)n2)c1. The number of nitrogen functional groups attached to an aromatic ring is 1. The first-order valence-electron chi connectivity index (χ1n) is 11.0. The minimum absolute atomic E-state index is 0.0764.